The van der Waals surface area contributed by atoms with Gasteiger partial charge in [-0.25, -0.2) is 4.79 Å². The first-order chi connectivity index (χ1) is 11.8. The lowest BCUT2D eigenvalue weighted by atomic mass is 10.1. The van der Waals surface area contributed by atoms with E-state index < -0.39 is 36.2 Å². The third-order valence-corrected chi connectivity index (χ3v) is 3.23. The molecule has 0 aromatic heterocycles. The minimum atomic E-state index is -1.22. The first-order valence-electron chi connectivity index (χ1n) is 7.47. The minimum absolute atomic E-state index is 0.144. The summed E-state index contributed by atoms with van der Waals surface area (Å²) in [5, 5.41) is 22.8. The number of rotatable bonds is 8. The molecule has 0 saturated heterocycles. The number of phenols is 1. The average molecular weight is 352 g/mol. The number of aliphatic carboxylic acids is 1. The lowest BCUT2D eigenvalue weighted by Gasteiger charge is -2.16. The number of hydrogen-bond donors (Lipinski definition) is 4. The van der Waals surface area contributed by atoms with Gasteiger partial charge in [-0.1, -0.05) is 12.1 Å². The van der Waals surface area contributed by atoms with Gasteiger partial charge < -0.3 is 25.6 Å². The zero-order valence-electron chi connectivity index (χ0n) is 13.7. The van der Waals surface area contributed by atoms with Gasteiger partial charge >= 0.3 is 17.8 Å². The standard InChI is InChI=1S/C16H20N2O7/c1-25-16(24)15(23)18-11(9-14(21)22)8-13(20)17-7-6-10-2-4-12(19)5-3-10/h2-5,11,19H,6-9H2,1H3,(H,17,20)(H,18,23)(H,21,22). The van der Waals surface area contributed by atoms with Gasteiger partial charge in [-0.05, 0) is 24.1 Å². The fourth-order valence-corrected chi connectivity index (χ4v) is 2.03. The monoisotopic (exact) mass is 352 g/mol. The van der Waals surface area contributed by atoms with Crippen LogP contribution in [-0.4, -0.2) is 53.7 Å². The van der Waals surface area contributed by atoms with E-state index in [1.165, 1.54) is 12.1 Å². The molecule has 25 heavy (non-hydrogen) atoms. The van der Waals surface area contributed by atoms with Crippen LogP contribution in [0.3, 0.4) is 0 Å². The van der Waals surface area contributed by atoms with Crippen molar-refractivity contribution in [1.29, 1.82) is 0 Å². The molecule has 1 atom stereocenters. The molecule has 1 aromatic carbocycles. The fraction of sp³-hybridized carbons (Fsp3) is 0.375. The Labute approximate surface area is 144 Å². The van der Waals surface area contributed by atoms with Crippen LogP contribution in [0.15, 0.2) is 24.3 Å². The van der Waals surface area contributed by atoms with Crippen molar-refractivity contribution in [2.45, 2.75) is 25.3 Å². The largest absolute Gasteiger partial charge is 0.508 e. The van der Waals surface area contributed by atoms with Gasteiger partial charge in [-0.15, -0.1) is 0 Å². The van der Waals surface area contributed by atoms with Gasteiger partial charge in [0.15, 0.2) is 0 Å². The maximum Gasteiger partial charge on any atom is 0.396 e. The summed E-state index contributed by atoms with van der Waals surface area (Å²) in [5.41, 5.74) is 0.902. The molecule has 0 aliphatic heterocycles. The highest BCUT2D eigenvalue weighted by atomic mass is 16.5. The van der Waals surface area contributed by atoms with E-state index in [1.54, 1.807) is 12.1 Å². The first-order valence-corrected chi connectivity index (χ1v) is 7.47. The Balaban J connectivity index is 2.47. The second-order valence-corrected chi connectivity index (χ2v) is 5.23. The number of methoxy groups -OCH3 is 1. The molecule has 0 aliphatic rings. The lowest BCUT2D eigenvalue weighted by molar-refractivity contribution is -0.153. The van der Waals surface area contributed by atoms with E-state index >= 15 is 0 Å². The Morgan fingerprint density at radius 2 is 1.76 bits per heavy atom. The molecule has 0 heterocycles. The number of amides is 2. The molecule has 0 aliphatic carbocycles. The molecule has 2 amide bonds. The van der Waals surface area contributed by atoms with Crippen molar-refractivity contribution in [1.82, 2.24) is 10.6 Å². The second kappa shape index (κ2) is 9.91. The Bertz CT molecular complexity index is 628. The summed E-state index contributed by atoms with van der Waals surface area (Å²) in [5.74, 6) is -3.80. The van der Waals surface area contributed by atoms with Crippen LogP contribution in [0.5, 0.6) is 5.75 Å². The summed E-state index contributed by atoms with van der Waals surface area (Å²) in [7, 11) is 1.02. The van der Waals surface area contributed by atoms with E-state index in [4.69, 9.17) is 5.11 Å². The van der Waals surface area contributed by atoms with Crippen LogP contribution in [0.2, 0.25) is 0 Å². The number of carboxylic acids is 1. The number of ether oxygens (including phenoxy) is 1. The quantitative estimate of drug-likeness (QED) is 0.367. The predicted molar refractivity (Wildman–Crippen MR) is 85.6 cm³/mol. The van der Waals surface area contributed by atoms with Gasteiger partial charge in [0.1, 0.15) is 5.75 Å². The number of carboxylic acid groups (broad SMARTS) is 1. The summed E-state index contributed by atoms with van der Waals surface area (Å²) in [4.78, 5) is 45.2. The number of hydrogen-bond acceptors (Lipinski definition) is 6. The van der Waals surface area contributed by atoms with Crippen molar-refractivity contribution in [3.8, 4) is 5.75 Å². The van der Waals surface area contributed by atoms with Crippen LogP contribution in [0.4, 0.5) is 0 Å². The number of esters is 1. The van der Waals surface area contributed by atoms with Crippen molar-refractivity contribution in [2.75, 3.05) is 13.7 Å². The topological polar surface area (TPSA) is 142 Å². The van der Waals surface area contributed by atoms with Gasteiger partial charge in [-0.3, -0.25) is 14.4 Å². The Kier molecular flexibility index (Phi) is 7.91. The molecule has 9 heteroatoms. The van der Waals surface area contributed by atoms with Crippen molar-refractivity contribution in [2.24, 2.45) is 0 Å². The Hall–Kier alpha value is -3.10. The summed E-state index contributed by atoms with van der Waals surface area (Å²) < 4.78 is 4.23. The molecule has 0 saturated carbocycles. The molecule has 136 valence electrons. The molecule has 0 fully saturated rings. The van der Waals surface area contributed by atoms with E-state index in [9.17, 15) is 24.3 Å². The first kappa shape index (κ1) is 19.9. The predicted octanol–water partition coefficient (Wildman–Crippen LogP) is -0.426. The molecule has 0 spiro atoms. The highest BCUT2D eigenvalue weighted by Crippen LogP contribution is 2.09. The smallest absolute Gasteiger partial charge is 0.396 e. The van der Waals surface area contributed by atoms with Crippen molar-refractivity contribution >= 4 is 23.8 Å². The summed E-state index contributed by atoms with van der Waals surface area (Å²) >= 11 is 0. The Morgan fingerprint density at radius 3 is 2.32 bits per heavy atom. The zero-order chi connectivity index (χ0) is 18.8. The molecule has 1 rings (SSSR count). The molecule has 9 nitrogen and oxygen atoms in total. The maximum absolute atomic E-state index is 11.9. The second-order valence-electron chi connectivity index (χ2n) is 5.23. The molecule has 1 unspecified atom stereocenters. The van der Waals surface area contributed by atoms with Crippen LogP contribution < -0.4 is 10.6 Å². The number of phenolic OH excluding ortho intramolecular Hbond substituents is 1. The van der Waals surface area contributed by atoms with Crippen LogP contribution in [-0.2, 0) is 30.3 Å². The number of carbonyl (C=O) groups is 4. The summed E-state index contributed by atoms with van der Waals surface area (Å²) in [6.07, 6.45) is -0.275. The third-order valence-electron chi connectivity index (χ3n) is 3.23. The normalized spacial score (nSPS) is 11.2. The van der Waals surface area contributed by atoms with Crippen molar-refractivity contribution in [3.63, 3.8) is 0 Å². The third kappa shape index (κ3) is 7.82. The minimum Gasteiger partial charge on any atom is -0.508 e. The highest BCUT2D eigenvalue weighted by Gasteiger charge is 2.23. The number of nitrogens with one attached hydrogen (secondary N) is 2. The highest BCUT2D eigenvalue weighted by molar-refractivity contribution is 6.32. The average Bonchev–Trinajstić information content (AvgIpc) is 2.55. The van der Waals surface area contributed by atoms with Crippen LogP contribution in [0.1, 0.15) is 18.4 Å². The van der Waals surface area contributed by atoms with Gasteiger partial charge in [0.2, 0.25) is 5.91 Å². The van der Waals surface area contributed by atoms with Crippen molar-refractivity contribution in [3.05, 3.63) is 29.8 Å². The molecule has 0 bridgehead atoms. The van der Waals surface area contributed by atoms with E-state index in [1.807, 2.05) is 0 Å². The molecule has 4 N–H and O–H groups in total. The summed E-state index contributed by atoms with van der Waals surface area (Å²) in [6, 6.07) is 5.46. The molecular formula is C16H20N2O7. The number of benzene rings is 1. The number of carbonyl (C=O) groups excluding carboxylic acids is 3. The van der Waals surface area contributed by atoms with E-state index in [-0.39, 0.29) is 12.2 Å². The molecular weight excluding hydrogens is 332 g/mol. The van der Waals surface area contributed by atoms with Gasteiger partial charge in [0.05, 0.1) is 13.5 Å². The summed E-state index contributed by atoms with van der Waals surface area (Å²) in [6.45, 7) is 0.300. The van der Waals surface area contributed by atoms with Gasteiger partial charge in [0, 0.05) is 19.0 Å². The van der Waals surface area contributed by atoms with Crippen LogP contribution >= 0.6 is 0 Å². The van der Waals surface area contributed by atoms with Crippen LogP contribution in [0.25, 0.3) is 0 Å². The molecule has 0 radical (unpaired) electrons. The maximum atomic E-state index is 11.9. The van der Waals surface area contributed by atoms with E-state index in [2.05, 4.69) is 15.4 Å². The Morgan fingerprint density at radius 1 is 1.12 bits per heavy atom. The van der Waals surface area contributed by atoms with Crippen molar-refractivity contribution < 1.29 is 34.1 Å². The van der Waals surface area contributed by atoms with Crippen LogP contribution in [0, 0.1) is 0 Å². The molecule has 1 aromatic rings. The lowest BCUT2D eigenvalue weighted by Crippen LogP contribution is -2.43. The van der Waals surface area contributed by atoms with Gasteiger partial charge in [-0.2, -0.15) is 0 Å². The SMILES string of the molecule is COC(=O)C(=O)NC(CC(=O)O)CC(=O)NCCc1ccc(O)cc1. The van der Waals surface area contributed by atoms with Gasteiger partial charge in [0.25, 0.3) is 0 Å². The van der Waals surface area contributed by atoms with E-state index in [0.717, 1.165) is 12.7 Å². The zero-order valence-corrected chi connectivity index (χ0v) is 13.7. The number of aromatic hydroxyl groups is 1. The van der Waals surface area contributed by atoms with E-state index in [0.29, 0.717) is 13.0 Å². The fourth-order valence-electron chi connectivity index (χ4n) is 2.03.